The zero-order chi connectivity index (χ0) is 22.8. The first kappa shape index (κ1) is 22.9. The molecule has 31 heavy (non-hydrogen) atoms. The van der Waals surface area contributed by atoms with E-state index in [0.717, 1.165) is 24.8 Å². The molecule has 0 radical (unpaired) electrons. The van der Waals surface area contributed by atoms with Crippen molar-refractivity contribution in [2.24, 2.45) is 0 Å². The summed E-state index contributed by atoms with van der Waals surface area (Å²) in [6.07, 6.45) is 6.47. The number of carbonyl (C=O) groups excluding carboxylic acids is 2. The molecule has 2 N–H and O–H groups in total. The number of rotatable bonds is 8. The average molecular weight is 430 g/mol. The number of nitrogens with zero attached hydrogens (tertiary/aromatic N) is 1. The Hall–Kier alpha value is -2.80. The Balaban J connectivity index is 1.69. The van der Waals surface area contributed by atoms with Gasteiger partial charge in [-0.05, 0) is 58.6 Å². The molecule has 0 saturated heterocycles. The first-order valence-corrected chi connectivity index (χ1v) is 10.6. The van der Waals surface area contributed by atoms with E-state index in [2.05, 4.69) is 6.08 Å². The Morgan fingerprint density at radius 1 is 1.32 bits per heavy atom. The third kappa shape index (κ3) is 4.77. The normalized spacial score (nSPS) is 23.3. The van der Waals surface area contributed by atoms with Crippen molar-refractivity contribution in [1.82, 2.24) is 4.90 Å². The first-order chi connectivity index (χ1) is 14.7. The Morgan fingerprint density at radius 2 is 2.06 bits per heavy atom. The standard InChI is InChI=1S/C24H31NO6/c1-15(7-5-9-16(2)30-14-26)8-6-10-24(3)21(28)12-18-20(27)11-17-19(22(18)31-24)13-25(4)23(17)29/h8-9,11,14,21,27-28H,5-7,10,12-13H2,1-4H3/b15-8+,16-9+. The first-order valence-electron chi connectivity index (χ1n) is 10.6. The minimum atomic E-state index is -0.816. The molecule has 7 heteroatoms. The summed E-state index contributed by atoms with van der Waals surface area (Å²) in [5.41, 5.74) is 2.21. The number of allylic oxidation sites excluding steroid dienone is 4. The summed E-state index contributed by atoms with van der Waals surface area (Å²) in [5.74, 6) is 0.992. The summed E-state index contributed by atoms with van der Waals surface area (Å²) in [5, 5.41) is 21.2. The van der Waals surface area contributed by atoms with Gasteiger partial charge in [-0.3, -0.25) is 9.59 Å². The predicted molar refractivity (Wildman–Crippen MR) is 116 cm³/mol. The van der Waals surface area contributed by atoms with Gasteiger partial charge in [0, 0.05) is 24.6 Å². The molecule has 3 rings (SSSR count). The van der Waals surface area contributed by atoms with Crippen LogP contribution in [0.5, 0.6) is 11.5 Å². The van der Waals surface area contributed by atoms with Gasteiger partial charge < -0.3 is 24.6 Å². The number of benzene rings is 1. The monoisotopic (exact) mass is 429 g/mol. The number of phenolic OH excluding ortho intramolecular Hbond substituents is 1. The summed E-state index contributed by atoms with van der Waals surface area (Å²) in [4.78, 5) is 24.3. The number of aliphatic hydroxyl groups excluding tert-OH is 1. The predicted octanol–water partition coefficient (Wildman–Crippen LogP) is 3.62. The van der Waals surface area contributed by atoms with Crippen molar-refractivity contribution < 1.29 is 29.3 Å². The smallest absolute Gasteiger partial charge is 0.298 e. The molecule has 1 aromatic rings. The van der Waals surface area contributed by atoms with E-state index >= 15 is 0 Å². The second-order valence-corrected chi connectivity index (χ2v) is 8.68. The summed E-state index contributed by atoms with van der Waals surface area (Å²) in [6, 6.07) is 1.49. The maximum Gasteiger partial charge on any atom is 0.298 e. The van der Waals surface area contributed by atoms with Gasteiger partial charge in [0.25, 0.3) is 12.4 Å². The summed E-state index contributed by atoms with van der Waals surface area (Å²) in [6.45, 7) is 6.53. The Bertz CT molecular complexity index is 934. The van der Waals surface area contributed by atoms with Crippen molar-refractivity contribution in [2.45, 2.75) is 71.1 Å². The molecule has 2 atom stereocenters. The fourth-order valence-corrected chi connectivity index (χ4v) is 4.18. The molecule has 0 bridgehead atoms. The summed E-state index contributed by atoms with van der Waals surface area (Å²) >= 11 is 0. The van der Waals surface area contributed by atoms with Crippen LogP contribution in [0.25, 0.3) is 0 Å². The molecule has 2 heterocycles. The van der Waals surface area contributed by atoms with E-state index in [-0.39, 0.29) is 18.1 Å². The van der Waals surface area contributed by atoms with Gasteiger partial charge in [-0.1, -0.05) is 11.6 Å². The highest BCUT2D eigenvalue weighted by Crippen LogP contribution is 2.46. The van der Waals surface area contributed by atoms with E-state index in [1.165, 1.54) is 11.6 Å². The summed E-state index contributed by atoms with van der Waals surface area (Å²) in [7, 11) is 1.72. The maximum absolute atomic E-state index is 12.3. The second-order valence-electron chi connectivity index (χ2n) is 8.68. The van der Waals surface area contributed by atoms with Crippen molar-refractivity contribution in [3.05, 3.63) is 46.2 Å². The lowest BCUT2D eigenvalue weighted by Gasteiger charge is -2.40. The van der Waals surface area contributed by atoms with Crippen molar-refractivity contribution in [3.63, 3.8) is 0 Å². The number of amides is 1. The molecule has 0 aliphatic carbocycles. The third-order valence-electron chi connectivity index (χ3n) is 6.21. The second kappa shape index (κ2) is 9.14. The van der Waals surface area contributed by atoms with E-state index in [0.29, 0.717) is 42.1 Å². The van der Waals surface area contributed by atoms with E-state index in [4.69, 9.17) is 9.47 Å². The van der Waals surface area contributed by atoms with Crippen molar-refractivity contribution in [3.8, 4) is 11.5 Å². The number of carbonyl (C=O) groups is 2. The SMILES string of the molecule is C/C(=C\CCC1(C)Oc2c(c(O)cc3c2CN(C)C3=O)CC1O)CC/C=C(\C)OC=O. The van der Waals surface area contributed by atoms with E-state index < -0.39 is 11.7 Å². The number of hydrogen-bond acceptors (Lipinski definition) is 6. The highest BCUT2D eigenvalue weighted by atomic mass is 16.5. The number of fused-ring (bicyclic) bond motifs is 3. The third-order valence-corrected chi connectivity index (χ3v) is 6.21. The van der Waals surface area contributed by atoms with Crippen LogP contribution in [0.3, 0.4) is 0 Å². The highest BCUT2D eigenvalue weighted by molar-refractivity contribution is 5.99. The van der Waals surface area contributed by atoms with Gasteiger partial charge in [-0.2, -0.15) is 0 Å². The molecule has 0 aromatic heterocycles. The fourth-order valence-electron chi connectivity index (χ4n) is 4.18. The van der Waals surface area contributed by atoms with Gasteiger partial charge in [-0.25, -0.2) is 0 Å². The molecule has 0 spiro atoms. The van der Waals surface area contributed by atoms with Crippen LogP contribution in [0.2, 0.25) is 0 Å². The van der Waals surface area contributed by atoms with Gasteiger partial charge >= 0.3 is 0 Å². The van der Waals surface area contributed by atoms with Gasteiger partial charge in [0.15, 0.2) is 0 Å². The van der Waals surface area contributed by atoms with E-state index in [1.54, 1.807) is 18.9 Å². The number of aromatic hydroxyl groups is 1. The topological polar surface area (TPSA) is 96.3 Å². The van der Waals surface area contributed by atoms with Gasteiger partial charge in [-0.15, -0.1) is 0 Å². The summed E-state index contributed by atoms with van der Waals surface area (Å²) < 4.78 is 11.1. The van der Waals surface area contributed by atoms with Crippen LogP contribution in [-0.4, -0.2) is 46.2 Å². The fraction of sp³-hybridized carbons (Fsp3) is 0.500. The molecule has 2 aliphatic heterocycles. The lowest BCUT2D eigenvalue weighted by atomic mass is 9.84. The molecule has 2 unspecified atom stereocenters. The van der Waals surface area contributed by atoms with Crippen LogP contribution in [0, 0.1) is 0 Å². The number of hydrogen-bond donors (Lipinski definition) is 2. The molecular formula is C24H31NO6. The van der Waals surface area contributed by atoms with E-state index in [1.807, 2.05) is 19.9 Å². The van der Waals surface area contributed by atoms with Crippen molar-refractivity contribution >= 4 is 12.4 Å². The minimum absolute atomic E-state index is 0.00357. The average Bonchev–Trinajstić information content (AvgIpc) is 2.98. The van der Waals surface area contributed by atoms with Gasteiger partial charge in [0.05, 0.1) is 18.2 Å². The van der Waals surface area contributed by atoms with Crippen LogP contribution in [0.1, 0.15) is 67.9 Å². The lowest BCUT2D eigenvalue weighted by Crippen LogP contribution is -2.49. The molecular weight excluding hydrogens is 398 g/mol. The van der Waals surface area contributed by atoms with Crippen LogP contribution < -0.4 is 4.74 Å². The van der Waals surface area contributed by atoms with Crippen molar-refractivity contribution in [1.29, 1.82) is 0 Å². The molecule has 2 aliphatic rings. The molecule has 1 aromatic carbocycles. The Morgan fingerprint density at radius 3 is 2.77 bits per heavy atom. The van der Waals surface area contributed by atoms with Crippen LogP contribution >= 0.6 is 0 Å². The van der Waals surface area contributed by atoms with Crippen LogP contribution in [-0.2, 0) is 22.5 Å². The van der Waals surface area contributed by atoms with Crippen LogP contribution in [0.15, 0.2) is 29.6 Å². The Kier molecular flexibility index (Phi) is 6.74. The number of phenols is 1. The van der Waals surface area contributed by atoms with Gasteiger partial charge in [0.2, 0.25) is 0 Å². The number of ether oxygens (including phenoxy) is 2. The molecule has 7 nitrogen and oxygen atoms in total. The quantitative estimate of drug-likeness (QED) is 0.372. The van der Waals surface area contributed by atoms with Gasteiger partial charge in [0.1, 0.15) is 22.9 Å². The molecule has 0 saturated carbocycles. The van der Waals surface area contributed by atoms with Crippen LogP contribution in [0.4, 0.5) is 0 Å². The largest absolute Gasteiger partial charge is 0.508 e. The maximum atomic E-state index is 12.3. The highest BCUT2D eigenvalue weighted by Gasteiger charge is 2.43. The number of aliphatic hydroxyl groups is 1. The minimum Gasteiger partial charge on any atom is -0.508 e. The molecule has 1 amide bonds. The van der Waals surface area contributed by atoms with Crippen molar-refractivity contribution in [2.75, 3.05) is 7.05 Å². The lowest BCUT2D eigenvalue weighted by molar-refractivity contribution is -0.125. The van der Waals surface area contributed by atoms with E-state index in [9.17, 15) is 19.8 Å². The molecule has 0 fully saturated rings. The molecule has 168 valence electrons. The zero-order valence-corrected chi connectivity index (χ0v) is 18.6. The Labute approximate surface area is 183 Å². The zero-order valence-electron chi connectivity index (χ0n) is 18.6.